The second-order valence-corrected chi connectivity index (χ2v) is 11.3. The Balaban J connectivity index is 2.20. The molecular weight excluding hydrogens is 484 g/mol. The van der Waals surface area contributed by atoms with E-state index in [0.29, 0.717) is 11.3 Å². The number of nitrogens with one attached hydrogen (secondary N) is 1. The molecule has 3 rings (SSSR count). The number of ether oxygens (including phenoxy) is 2. The van der Waals surface area contributed by atoms with Crippen molar-refractivity contribution in [3.05, 3.63) is 74.5 Å². The summed E-state index contributed by atoms with van der Waals surface area (Å²) in [4.78, 5) is 37.6. The number of nitrogens with zero attached hydrogens (tertiary/aromatic N) is 1. The first kappa shape index (κ1) is 29.1. The van der Waals surface area contributed by atoms with Crippen LogP contribution in [0.3, 0.4) is 0 Å². The highest BCUT2D eigenvalue weighted by Crippen LogP contribution is 2.48. The number of benzene rings is 1. The van der Waals surface area contributed by atoms with Crippen LogP contribution in [0.5, 0.6) is 0 Å². The van der Waals surface area contributed by atoms with Crippen LogP contribution in [0.15, 0.2) is 58.8 Å². The topological polar surface area (TPSA) is 108 Å². The normalized spacial score (nSPS) is 26.1. The van der Waals surface area contributed by atoms with E-state index < -0.39 is 34.2 Å². The van der Waals surface area contributed by atoms with Crippen molar-refractivity contribution in [2.75, 3.05) is 14.2 Å². The Bertz CT molecular complexity index is 1210. The second kappa shape index (κ2) is 11.1. The highest BCUT2D eigenvalue weighted by molar-refractivity contribution is 5.93. The number of methoxy groups -OCH3 is 2. The molecule has 0 amide bonds. The minimum atomic E-state index is -0.881. The number of hydrogen-bond acceptors (Lipinski definition) is 7. The first-order valence-corrected chi connectivity index (χ1v) is 13.1. The highest BCUT2D eigenvalue weighted by atomic mass is 16.6. The van der Waals surface area contributed by atoms with Gasteiger partial charge in [0.05, 0.1) is 36.2 Å². The number of allylic oxidation sites excluding steroid dienone is 4. The van der Waals surface area contributed by atoms with Gasteiger partial charge in [-0.15, -0.1) is 0 Å². The fourth-order valence-electron chi connectivity index (χ4n) is 6.23. The summed E-state index contributed by atoms with van der Waals surface area (Å²) in [6.07, 6.45) is 7.64. The molecular formula is C30H40N2O6. The number of rotatable bonds is 7. The van der Waals surface area contributed by atoms with Crippen LogP contribution in [-0.2, 0) is 19.1 Å². The smallest absolute Gasteiger partial charge is 0.336 e. The van der Waals surface area contributed by atoms with E-state index in [2.05, 4.69) is 38.2 Å². The van der Waals surface area contributed by atoms with Gasteiger partial charge in [-0.1, -0.05) is 50.6 Å². The molecule has 0 aromatic heterocycles. The highest BCUT2D eigenvalue weighted by Gasteiger charge is 2.54. The van der Waals surface area contributed by atoms with Crippen LogP contribution in [-0.4, -0.2) is 36.6 Å². The van der Waals surface area contributed by atoms with Crippen LogP contribution in [0.25, 0.3) is 0 Å². The van der Waals surface area contributed by atoms with Crippen LogP contribution in [0, 0.1) is 27.4 Å². The van der Waals surface area contributed by atoms with E-state index in [4.69, 9.17) is 9.47 Å². The molecule has 0 bridgehead atoms. The molecule has 1 aliphatic carbocycles. The average molecular weight is 525 g/mol. The van der Waals surface area contributed by atoms with Gasteiger partial charge in [-0.3, -0.25) is 14.9 Å². The van der Waals surface area contributed by atoms with Crippen LogP contribution in [0.1, 0.15) is 72.3 Å². The van der Waals surface area contributed by atoms with E-state index in [-0.39, 0.29) is 22.6 Å². The van der Waals surface area contributed by atoms with Gasteiger partial charge >= 0.3 is 11.9 Å². The summed E-state index contributed by atoms with van der Waals surface area (Å²) in [6.45, 7) is 12.4. The molecule has 38 heavy (non-hydrogen) atoms. The zero-order valence-corrected chi connectivity index (χ0v) is 23.7. The number of nitro benzene ring substituents is 1. The largest absolute Gasteiger partial charge is 0.469 e. The van der Waals surface area contributed by atoms with E-state index in [9.17, 15) is 19.7 Å². The molecule has 1 aromatic rings. The molecule has 4 atom stereocenters. The lowest BCUT2D eigenvalue weighted by atomic mass is 9.63. The maximum absolute atomic E-state index is 13.5. The SMILES string of the molecule is COC(=O)C1=C(C)NC(C)(C(C)C=CC2=C(C)CCCC2(C)C)C(C(=O)OC)C1c1cccc([N+](=O)[O-])c1. The Morgan fingerprint density at radius 1 is 1.18 bits per heavy atom. The predicted octanol–water partition coefficient (Wildman–Crippen LogP) is 6.00. The second-order valence-electron chi connectivity index (χ2n) is 11.3. The summed E-state index contributed by atoms with van der Waals surface area (Å²) < 4.78 is 10.4. The van der Waals surface area contributed by atoms with Crippen molar-refractivity contribution in [3.63, 3.8) is 0 Å². The van der Waals surface area contributed by atoms with E-state index in [1.807, 2.05) is 13.8 Å². The fourth-order valence-corrected chi connectivity index (χ4v) is 6.23. The molecule has 8 heteroatoms. The molecule has 1 aliphatic heterocycles. The summed E-state index contributed by atoms with van der Waals surface area (Å²) in [5.74, 6) is -2.99. The average Bonchev–Trinajstić information content (AvgIpc) is 2.86. The number of carbonyl (C=O) groups is 2. The molecule has 1 N–H and O–H groups in total. The molecule has 0 saturated carbocycles. The minimum absolute atomic E-state index is 0.0561. The standard InChI is InChI=1S/C30H40N2O6/c1-18-11-10-16-29(4,5)23(18)15-14-19(2)30(6)26(28(34)38-8)25(24(20(3)31-30)27(33)37-7)21-12-9-13-22(17-21)32(35)36/h9,12-15,17,19,25-26,31H,10-11,16H2,1-8H3. The molecule has 206 valence electrons. The zero-order chi connectivity index (χ0) is 28.4. The van der Waals surface area contributed by atoms with Crippen molar-refractivity contribution >= 4 is 17.6 Å². The summed E-state index contributed by atoms with van der Waals surface area (Å²) in [7, 11) is 2.59. The van der Waals surface area contributed by atoms with Crippen molar-refractivity contribution in [3.8, 4) is 0 Å². The summed E-state index contributed by atoms with van der Waals surface area (Å²) in [6, 6.07) is 6.07. The van der Waals surface area contributed by atoms with Gasteiger partial charge in [-0.05, 0) is 62.5 Å². The molecule has 0 spiro atoms. The van der Waals surface area contributed by atoms with Gasteiger partial charge in [0.15, 0.2) is 0 Å². The monoisotopic (exact) mass is 524 g/mol. The van der Waals surface area contributed by atoms with Crippen molar-refractivity contribution < 1.29 is 24.0 Å². The van der Waals surface area contributed by atoms with Crippen molar-refractivity contribution in [2.45, 2.75) is 72.3 Å². The molecule has 8 nitrogen and oxygen atoms in total. The van der Waals surface area contributed by atoms with Crippen molar-refractivity contribution in [1.29, 1.82) is 0 Å². The van der Waals surface area contributed by atoms with Crippen LogP contribution in [0.4, 0.5) is 5.69 Å². The number of carbonyl (C=O) groups excluding carboxylic acids is 2. The molecule has 1 heterocycles. The molecule has 0 fully saturated rings. The first-order valence-electron chi connectivity index (χ1n) is 13.1. The Labute approximate surface area is 225 Å². The van der Waals surface area contributed by atoms with Gasteiger partial charge in [0.25, 0.3) is 5.69 Å². The summed E-state index contributed by atoms with van der Waals surface area (Å²) in [5.41, 5.74) is 3.02. The Morgan fingerprint density at radius 2 is 1.87 bits per heavy atom. The lowest BCUT2D eigenvalue weighted by molar-refractivity contribution is -0.384. The molecule has 1 aromatic carbocycles. The van der Waals surface area contributed by atoms with E-state index >= 15 is 0 Å². The van der Waals surface area contributed by atoms with Gasteiger partial charge in [-0.2, -0.15) is 0 Å². The van der Waals surface area contributed by atoms with E-state index in [1.54, 1.807) is 19.1 Å². The van der Waals surface area contributed by atoms with Crippen LogP contribution in [0.2, 0.25) is 0 Å². The predicted molar refractivity (Wildman–Crippen MR) is 146 cm³/mol. The van der Waals surface area contributed by atoms with Crippen LogP contribution >= 0.6 is 0 Å². The lowest BCUT2D eigenvalue weighted by Gasteiger charge is -2.49. The minimum Gasteiger partial charge on any atom is -0.469 e. The van der Waals surface area contributed by atoms with Crippen molar-refractivity contribution in [1.82, 2.24) is 5.32 Å². The van der Waals surface area contributed by atoms with E-state index in [0.717, 1.165) is 12.8 Å². The third-order valence-corrected chi connectivity index (χ3v) is 8.49. The van der Waals surface area contributed by atoms with E-state index in [1.165, 1.54) is 43.9 Å². The summed E-state index contributed by atoms with van der Waals surface area (Å²) >= 11 is 0. The quantitative estimate of drug-likeness (QED) is 0.265. The maximum Gasteiger partial charge on any atom is 0.336 e. The number of non-ortho nitro benzene ring substituents is 1. The third kappa shape index (κ3) is 5.40. The Kier molecular flexibility index (Phi) is 8.54. The Morgan fingerprint density at radius 3 is 2.45 bits per heavy atom. The van der Waals surface area contributed by atoms with Crippen molar-refractivity contribution in [2.24, 2.45) is 17.3 Å². The molecule has 2 aliphatic rings. The maximum atomic E-state index is 13.5. The molecule has 4 unspecified atom stereocenters. The number of nitro groups is 1. The van der Waals surface area contributed by atoms with Gasteiger partial charge in [0, 0.05) is 23.7 Å². The van der Waals surface area contributed by atoms with Crippen LogP contribution < -0.4 is 5.32 Å². The van der Waals surface area contributed by atoms with Gasteiger partial charge in [0.1, 0.15) is 0 Å². The zero-order valence-electron chi connectivity index (χ0n) is 23.7. The molecule has 0 radical (unpaired) electrons. The number of hydrogen-bond donors (Lipinski definition) is 1. The Hall–Kier alpha value is -3.42. The lowest BCUT2D eigenvalue weighted by Crippen LogP contribution is -2.60. The number of esters is 2. The van der Waals surface area contributed by atoms with Gasteiger partial charge in [0.2, 0.25) is 0 Å². The van der Waals surface area contributed by atoms with Gasteiger partial charge in [-0.25, -0.2) is 4.79 Å². The summed E-state index contributed by atoms with van der Waals surface area (Å²) in [5, 5.41) is 15.0. The molecule has 0 saturated heterocycles. The fraction of sp³-hybridized carbons (Fsp3) is 0.533. The first-order chi connectivity index (χ1) is 17.8. The third-order valence-electron chi connectivity index (χ3n) is 8.49. The van der Waals surface area contributed by atoms with Gasteiger partial charge < -0.3 is 14.8 Å².